The number of carbonyl (C=O) groups is 3. The lowest BCUT2D eigenvalue weighted by Gasteiger charge is -2.43. The van der Waals surface area contributed by atoms with Gasteiger partial charge in [0.2, 0.25) is 11.8 Å². The predicted molar refractivity (Wildman–Crippen MR) is 143 cm³/mol. The molecule has 3 fully saturated rings. The van der Waals surface area contributed by atoms with Gasteiger partial charge in [-0.1, -0.05) is 31.4 Å². The Balaban J connectivity index is 1.38. The minimum atomic E-state index is -0.602. The fraction of sp³-hybridized carbons (Fsp3) is 0.690. The van der Waals surface area contributed by atoms with Crippen molar-refractivity contribution in [2.24, 2.45) is 5.92 Å². The van der Waals surface area contributed by atoms with Crippen molar-refractivity contribution in [1.29, 1.82) is 0 Å². The molecule has 3 heterocycles. The van der Waals surface area contributed by atoms with E-state index in [1.807, 2.05) is 18.2 Å². The molecule has 1 aliphatic carbocycles. The van der Waals surface area contributed by atoms with Gasteiger partial charge in [-0.15, -0.1) is 0 Å². The number of ether oxygens (including phenoxy) is 2. The van der Waals surface area contributed by atoms with Crippen LogP contribution in [0.5, 0.6) is 5.75 Å². The Kier molecular flexibility index (Phi) is 8.84. The first-order valence-corrected chi connectivity index (χ1v) is 14.4. The Morgan fingerprint density at radius 3 is 2.68 bits per heavy atom. The van der Waals surface area contributed by atoms with E-state index in [0.29, 0.717) is 49.9 Å². The summed E-state index contributed by atoms with van der Waals surface area (Å²) in [5, 5.41) is 6.09. The summed E-state index contributed by atoms with van der Waals surface area (Å²) in [5.41, 5.74) is 0.497. The number of para-hydroxylation sites is 1. The van der Waals surface area contributed by atoms with E-state index in [2.05, 4.69) is 15.5 Å². The molecule has 4 aliphatic rings. The Hall–Kier alpha value is -2.65. The number of piperazine rings is 1. The summed E-state index contributed by atoms with van der Waals surface area (Å²) in [6.45, 7) is 4.97. The minimum Gasteiger partial charge on any atom is -0.493 e. The highest BCUT2D eigenvalue weighted by atomic mass is 16.5. The van der Waals surface area contributed by atoms with E-state index in [-0.39, 0.29) is 36.0 Å². The maximum absolute atomic E-state index is 13.8. The molecule has 1 aromatic rings. The van der Waals surface area contributed by atoms with Crippen LogP contribution in [0.1, 0.15) is 68.6 Å². The monoisotopic (exact) mass is 526 g/mol. The second kappa shape index (κ2) is 12.5. The number of carbonyl (C=O) groups excluding carboxylic acids is 3. The van der Waals surface area contributed by atoms with Crippen molar-refractivity contribution in [3.05, 3.63) is 29.8 Å². The first-order valence-electron chi connectivity index (χ1n) is 14.4. The quantitative estimate of drug-likeness (QED) is 0.627. The SMILES string of the molecule is CC(=O)N[C@@H]1CC[C@H]2CCOc3ccccc3C(=O)N3CCN(CC4CCCCC4)C[C@H]3C(=O)NC[C@H]1O2. The van der Waals surface area contributed by atoms with E-state index < -0.39 is 6.04 Å². The van der Waals surface area contributed by atoms with E-state index in [4.69, 9.17) is 9.47 Å². The smallest absolute Gasteiger partial charge is 0.258 e. The summed E-state index contributed by atoms with van der Waals surface area (Å²) in [5.74, 6) is 0.761. The molecule has 3 amide bonds. The number of amides is 3. The van der Waals surface area contributed by atoms with E-state index in [1.54, 1.807) is 11.0 Å². The van der Waals surface area contributed by atoms with Gasteiger partial charge in [-0.3, -0.25) is 19.3 Å². The molecule has 2 bridgehead atoms. The fourth-order valence-corrected chi connectivity index (χ4v) is 6.54. The normalized spacial score (nSPS) is 29.8. The number of benzene rings is 1. The molecule has 0 radical (unpaired) electrons. The van der Waals surface area contributed by atoms with E-state index in [9.17, 15) is 14.4 Å². The second-order valence-electron chi connectivity index (χ2n) is 11.3. The number of nitrogens with zero attached hydrogens (tertiary/aromatic N) is 2. The Morgan fingerprint density at radius 1 is 1.05 bits per heavy atom. The van der Waals surface area contributed by atoms with Crippen molar-refractivity contribution in [3.63, 3.8) is 0 Å². The minimum absolute atomic E-state index is 0.0371. The van der Waals surface area contributed by atoms with Crippen LogP contribution < -0.4 is 15.4 Å². The van der Waals surface area contributed by atoms with Crippen molar-refractivity contribution >= 4 is 17.7 Å². The van der Waals surface area contributed by atoms with Crippen molar-refractivity contribution in [3.8, 4) is 5.75 Å². The molecule has 2 saturated heterocycles. The number of hydrogen-bond donors (Lipinski definition) is 2. The number of hydrogen-bond acceptors (Lipinski definition) is 6. The lowest BCUT2D eigenvalue weighted by Crippen LogP contribution is -2.62. The van der Waals surface area contributed by atoms with Crippen LogP contribution in [0.2, 0.25) is 0 Å². The molecular weight excluding hydrogens is 484 g/mol. The van der Waals surface area contributed by atoms with E-state index in [1.165, 1.54) is 39.0 Å². The number of rotatable bonds is 3. The molecule has 4 atom stereocenters. The number of fused-ring (bicyclic) bond motifs is 4. The Labute approximate surface area is 225 Å². The summed E-state index contributed by atoms with van der Waals surface area (Å²) in [6.07, 6.45) is 8.24. The summed E-state index contributed by atoms with van der Waals surface area (Å²) in [4.78, 5) is 43.4. The van der Waals surface area contributed by atoms with Crippen LogP contribution in [0.15, 0.2) is 24.3 Å². The van der Waals surface area contributed by atoms with Gasteiger partial charge in [-0.2, -0.15) is 0 Å². The van der Waals surface area contributed by atoms with Gasteiger partial charge in [0.1, 0.15) is 11.8 Å². The zero-order chi connectivity index (χ0) is 26.5. The van der Waals surface area contributed by atoms with Gasteiger partial charge < -0.3 is 25.0 Å². The van der Waals surface area contributed by atoms with Crippen LogP contribution in [0, 0.1) is 5.92 Å². The molecule has 0 unspecified atom stereocenters. The average molecular weight is 527 g/mol. The number of nitrogens with one attached hydrogen (secondary N) is 2. The topological polar surface area (TPSA) is 100 Å². The van der Waals surface area contributed by atoms with Crippen LogP contribution in [-0.4, -0.2) is 91.1 Å². The van der Waals surface area contributed by atoms with Crippen molar-refractivity contribution in [1.82, 2.24) is 20.4 Å². The van der Waals surface area contributed by atoms with E-state index >= 15 is 0 Å². The van der Waals surface area contributed by atoms with Gasteiger partial charge in [0.15, 0.2) is 0 Å². The molecule has 2 N–H and O–H groups in total. The van der Waals surface area contributed by atoms with Crippen LogP contribution >= 0.6 is 0 Å². The van der Waals surface area contributed by atoms with Crippen molar-refractivity contribution < 1.29 is 23.9 Å². The summed E-state index contributed by atoms with van der Waals surface area (Å²) in [7, 11) is 0. The highest BCUT2D eigenvalue weighted by Crippen LogP contribution is 2.28. The van der Waals surface area contributed by atoms with Crippen LogP contribution in [0.4, 0.5) is 0 Å². The zero-order valence-electron chi connectivity index (χ0n) is 22.5. The van der Waals surface area contributed by atoms with Gasteiger partial charge in [0.25, 0.3) is 5.91 Å². The van der Waals surface area contributed by atoms with Gasteiger partial charge >= 0.3 is 0 Å². The molecule has 0 spiro atoms. The third kappa shape index (κ3) is 6.49. The fourth-order valence-electron chi connectivity index (χ4n) is 6.54. The molecule has 38 heavy (non-hydrogen) atoms. The molecule has 3 aliphatic heterocycles. The molecule has 9 nitrogen and oxygen atoms in total. The lowest BCUT2D eigenvalue weighted by molar-refractivity contribution is -0.131. The maximum Gasteiger partial charge on any atom is 0.258 e. The predicted octanol–water partition coefficient (Wildman–Crippen LogP) is 2.34. The van der Waals surface area contributed by atoms with Gasteiger partial charge in [0.05, 0.1) is 30.4 Å². The Bertz CT molecular complexity index is 997. The van der Waals surface area contributed by atoms with Gasteiger partial charge in [-0.05, 0) is 43.7 Å². The lowest BCUT2D eigenvalue weighted by atomic mass is 9.88. The second-order valence-corrected chi connectivity index (χ2v) is 11.3. The summed E-state index contributed by atoms with van der Waals surface area (Å²) < 4.78 is 12.5. The van der Waals surface area contributed by atoms with Crippen LogP contribution in [-0.2, 0) is 14.3 Å². The largest absolute Gasteiger partial charge is 0.493 e. The molecular formula is C29H42N4O5. The van der Waals surface area contributed by atoms with Crippen molar-refractivity contribution in [2.75, 3.05) is 39.3 Å². The highest BCUT2D eigenvalue weighted by Gasteiger charge is 2.39. The average Bonchev–Trinajstić information content (AvgIpc) is 2.92. The summed E-state index contributed by atoms with van der Waals surface area (Å²) >= 11 is 0. The van der Waals surface area contributed by atoms with Crippen molar-refractivity contribution in [2.45, 2.75) is 82.6 Å². The first kappa shape index (κ1) is 26.9. The molecule has 0 aromatic heterocycles. The molecule has 208 valence electrons. The molecule has 1 saturated carbocycles. The van der Waals surface area contributed by atoms with Crippen LogP contribution in [0.3, 0.4) is 0 Å². The molecule has 1 aromatic carbocycles. The standard InChI is InChI=1S/C29H42N4O5/c1-20(34)31-24-12-11-22-13-16-37-26-10-6-5-9-23(26)29(36)33-15-14-32(18-21-7-3-2-4-8-21)19-25(33)28(35)30-17-27(24)38-22/h5-6,9-10,21-22,24-25,27H,2-4,7-8,11-19H2,1H3,(H,30,35)(H,31,34)/t22-,24+,25-,27+/m0/s1. The maximum atomic E-state index is 13.8. The molecule has 5 rings (SSSR count). The first-order chi connectivity index (χ1) is 18.5. The van der Waals surface area contributed by atoms with Crippen LogP contribution in [0.25, 0.3) is 0 Å². The third-order valence-corrected chi connectivity index (χ3v) is 8.57. The molecule has 9 heteroatoms. The Morgan fingerprint density at radius 2 is 1.87 bits per heavy atom. The summed E-state index contributed by atoms with van der Waals surface area (Å²) in [6, 6.07) is 6.56. The highest BCUT2D eigenvalue weighted by molar-refractivity contribution is 6.00. The van der Waals surface area contributed by atoms with Gasteiger partial charge in [-0.25, -0.2) is 0 Å². The van der Waals surface area contributed by atoms with Gasteiger partial charge in [0, 0.05) is 46.1 Å². The van der Waals surface area contributed by atoms with E-state index in [0.717, 1.165) is 25.9 Å². The third-order valence-electron chi connectivity index (χ3n) is 8.57. The zero-order valence-corrected chi connectivity index (χ0v) is 22.5.